The first-order valence-electron chi connectivity index (χ1n) is 5.75. The van der Waals surface area contributed by atoms with Gasteiger partial charge in [0.25, 0.3) is 0 Å². The number of ether oxygens (including phenoxy) is 2. The van der Waals surface area contributed by atoms with Gasteiger partial charge in [-0.05, 0) is 24.1 Å². The lowest BCUT2D eigenvalue weighted by molar-refractivity contribution is -0.120. The normalized spacial score (nSPS) is 13.6. The highest BCUT2D eigenvalue weighted by Crippen LogP contribution is 2.25. The number of methoxy groups -OCH3 is 1. The lowest BCUT2D eigenvalue weighted by Crippen LogP contribution is -2.33. The minimum Gasteiger partial charge on any atom is -0.464 e. The van der Waals surface area contributed by atoms with E-state index in [0.29, 0.717) is 0 Å². The average molecular weight is 222 g/mol. The monoisotopic (exact) mass is 222 g/mol. The van der Waals surface area contributed by atoms with Gasteiger partial charge in [-0.25, -0.2) is 0 Å². The van der Waals surface area contributed by atoms with Crippen molar-refractivity contribution in [3.8, 4) is 5.75 Å². The molecular formula is C14H22O2. The molecule has 16 heavy (non-hydrogen) atoms. The van der Waals surface area contributed by atoms with Crippen molar-refractivity contribution in [1.82, 2.24) is 0 Å². The van der Waals surface area contributed by atoms with E-state index in [2.05, 4.69) is 39.8 Å². The first kappa shape index (κ1) is 13.0. The summed E-state index contributed by atoms with van der Waals surface area (Å²) in [6.07, 6.45) is 0.827. The summed E-state index contributed by atoms with van der Waals surface area (Å²) in [6.45, 7) is 8.44. The molecule has 1 atom stereocenters. The highest BCUT2D eigenvalue weighted by molar-refractivity contribution is 5.27. The Hall–Kier alpha value is -1.02. The van der Waals surface area contributed by atoms with Gasteiger partial charge >= 0.3 is 0 Å². The summed E-state index contributed by atoms with van der Waals surface area (Å²) in [5, 5.41) is 0. The Bertz CT molecular complexity index is 309. The number of hydrogen-bond donors (Lipinski definition) is 0. The van der Waals surface area contributed by atoms with Gasteiger partial charge in [0.1, 0.15) is 5.75 Å². The Morgan fingerprint density at radius 2 is 1.69 bits per heavy atom. The second-order valence-corrected chi connectivity index (χ2v) is 5.05. The third-order valence-electron chi connectivity index (χ3n) is 2.50. The molecule has 0 amide bonds. The van der Waals surface area contributed by atoms with Crippen molar-refractivity contribution in [3.63, 3.8) is 0 Å². The summed E-state index contributed by atoms with van der Waals surface area (Å²) < 4.78 is 11.2. The molecule has 0 aliphatic heterocycles. The third kappa shape index (κ3) is 3.53. The Balaban J connectivity index is 2.71. The molecule has 0 heterocycles. The van der Waals surface area contributed by atoms with Crippen LogP contribution in [0.5, 0.6) is 5.75 Å². The second-order valence-electron chi connectivity index (χ2n) is 5.05. The van der Waals surface area contributed by atoms with Crippen LogP contribution in [0.2, 0.25) is 0 Å². The summed E-state index contributed by atoms with van der Waals surface area (Å²) in [6, 6.07) is 8.17. The van der Waals surface area contributed by atoms with Crippen LogP contribution in [0.4, 0.5) is 0 Å². The van der Waals surface area contributed by atoms with Crippen LogP contribution < -0.4 is 4.74 Å². The zero-order chi connectivity index (χ0) is 12.2. The van der Waals surface area contributed by atoms with Crippen LogP contribution in [0.15, 0.2) is 24.3 Å². The summed E-state index contributed by atoms with van der Waals surface area (Å²) in [4.78, 5) is 0. The van der Waals surface area contributed by atoms with Gasteiger partial charge in [-0.3, -0.25) is 0 Å². The Labute approximate surface area is 98.6 Å². The van der Waals surface area contributed by atoms with Crippen LogP contribution in [0.25, 0.3) is 0 Å². The van der Waals surface area contributed by atoms with Crippen LogP contribution in [0.1, 0.15) is 33.3 Å². The van der Waals surface area contributed by atoms with Crippen LogP contribution in [0.3, 0.4) is 0 Å². The molecule has 1 aromatic carbocycles. The number of hydrogen-bond acceptors (Lipinski definition) is 2. The molecule has 0 saturated heterocycles. The standard InChI is InChI=1S/C14H22O2/c1-6-11-7-9-12(10-8-11)16-13(15-5)14(2,3)4/h7-10,13H,6H2,1-5H3. The molecular weight excluding hydrogens is 200 g/mol. The van der Waals surface area contributed by atoms with E-state index in [1.54, 1.807) is 7.11 Å². The van der Waals surface area contributed by atoms with E-state index >= 15 is 0 Å². The van der Waals surface area contributed by atoms with Gasteiger partial charge in [0.2, 0.25) is 6.29 Å². The molecule has 0 spiro atoms. The lowest BCUT2D eigenvalue weighted by atomic mass is 9.96. The quantitative estimate of drug-likeness (QED) is 0.724. The summed E-state index contributed by atoms with van der Waals surface area (Å²) >= 11 is 0. The Kier molecular flexibility index (Phi) is 4.36. The predicted octanol–water partition coefficient (Wildman–Crippen LogP) is 3.65. The van der Waals surface area contributed by atoms with Gasteiger partial charge in [0, 0.05) is 12.5 Å². The molecule has 0 aliphatic carbocycles. The Morgan fingerprint density at radius 3 is 2.06 bits per heavy atom. The van der Waals surface area contributed by atoms with Crippen molar-refractivity contribution in [3.05, 3.63) is 29.8 Å². The van der Waals surface area contributed by atoms with Crippen LogP contribution in [-0.4, -0.2) is 13.4 Å². The largest absolute Gasteiger partial charge is 0.464 e. The Morgan fingerprint density at radius 1 is 1.12 bits per heavy atom. The van der Waals surface area contributed by atoms with Crippen LogP contribution in [0, 0.1) is 5.41 Å². The van der Waals surface area contributed by atoms with Crippen LogP contribution in [-0.2, 0) is 11.2 Å². The van der Waals surface area contributed by atoms with Crippen molar-refractivity contribution in [2.24, 2.45) is 5.41 Å². The minimum absolute atomic E-state index is 0.0296. The van der Waals surface area contributed by atoms with E-state index in [1.807, 2.05) is 12.1 Å². The SMILES string of the molecule is CCc1ccc(OC(OC)C(C)(C)C)cc1. The van der Waals surface area contributed by atoms with Gasteiger partial charge in [0.15, 0.2) is 0 Å². The molecule has 0 radical (unpaired) electrons. The van der Waals surface area contributed by atoms with Crippen molar-refractivity contribution in [1.29, 1.82) is 0 Å². The fourth-order valence-electron chi connectivity index (χ4n) is 1.51. The van der Waals surface area contributed by atoms with Gasteiger partial charge < -0.3 is 9.47 Å². The van der Waals surface area contributed by atoms with Gasteiger partial charge in [-0.1, -0.05) is 39.8 Å². The molecule has 0 aliphatic rings. The number of benzene rings is 1. The maximum Gasteiger partial charge on any atom is 0.204 e. The van der Waals surface area contributed by atoms with E-state index in [-0.39, 0.29) is 11.7 Å². The van der Waals surface area contributed by atoms with Crippen LogP contribution >= 0.6 is 0 Å². The topological polar surface area (TPSA) is 18.5 Å². The van der Waals surface area contributed by atoms with E-state index in [4.69, 9.17) is 9.47 Å². The van der Waals surface area contributed by atoms with E-state index in [9.17, 15) is 0 Å². The highest BCUT2D eigenvalue weighted by Gasteiger charge is 2.26. The van der Waals surface area contributed by atoms with Gasteiger partial charge in [-0.15, -0.1) is 0 Å². The molecule has 1 aromatic rings. The maximum atomic E-state index is 5.81. The molecule has 0 bridgehead atoms. The molecule has 2 heteroatoms. The van der Waals surface area contributed by atoms with Crippen molar-refractivity contribution in [2.45, 2.75) is 40.4 Å². The van der Waals surface area contributed by atoms with Crippen molar-refractivity contribution < 1.29 is 9.47 Å². The molecule has 1 unspecified atom stereocenters. The summed E-state index contributed by atoms with van der Waals surface area (Å²) in [7, 11) is 1.68. The molecule has 1 rings (SSSR count). The molecule has 90 valence electrons. The fourth-order valence-corrected chi connectivity index (χ4v) is 1.51. The van der Waals surface area contributed by atoms with E-state index in [0.717, 1.165) is 12.2 Å². The zero-order valence-electron chi connectivity index (χ0n) is 10.9. The van der Waals surface area contributed by atoms with Gasteiger partial charge in [-0.2, -0.15) is 0 Å². The highest BCUT2D eigenvalue weighted by atomic mass is 16.7. The molecule has 0 aromatic heterocycles. The molecule has 0 fully saturated rings. The maximum absolute atomic E-state index is 5.81. The zero-order valence-corrected chi connectivity index (χ0v) is 10.9. The van der Waals surface area contributed by atoms with Crippen molar-refractivity contribution >= 4 is 0 Å². The lowest BCUT2D eigenvalue weighted by Gasteiger charge is -2.29. The first-order valence-corrected chi connectivity index (χ1v) is 5.75. The second kappa shape index (κ2) is 5.35. The van der Waals surface area contributed by atoms with E-state index in [1.165, 1.54) is 5.56 Å². The molecule has 2 nitrogen and oxygen atoms in total. The summed E-state index contributed by atoms with van der Waals surface area (Å²) in [5.74, 6) is 0.860. The van der Waals surface area contributed by atoms with Gasteiger partial charge in [0.05, 0.1) is 0 Å². The molecule has 0 N–H and O–H groups in total. The van der Waals surface area contributed by atoms with E-state index < -0.39 is 0 Å². The molecule has 0 saturated carbocycles. The third-order valence-corrected chi connectivity index (χ3v) is 2.50. The number of aryl methyl sites for hydroxylation is 1. The predicted molar refractivity (Wildman–Crippen MR) is 66.7 cm³/mol. The first-order chi connectivity index (χ1) is 7.47. The average Bonchev–Trinajstić information content (AvgIpc) is 2.25. The smallest absolute Gasteiger partial charge is 0.204 e. The number of rotatable bonds is 4. The minimum atomic E-state index is -0.222. The van der Waals surface area contributed by atoms with Crippen molar-refractivity contribution in [2.75, 3.05) is 7.11 Å². The summed E-state index contributed by atoms with van der Waals surface area (Å²) in [5.41, 5.74) is 1.29. The fraction of sp³-hybridized carbons (Fsp3) is 0.571.